The molecule has 0 spiro atoms. The average Bonchev–Trinajstić information content (AvgIpc) is 2.76. The zero-order chi connectivity index (χ0) is 15.9. The number of nitrogens with one attached hydrogen (secondary N) is 2. The highest BCUT2D eigenvalue weighted by Gasteiger charge is 2.23. The van der Waals surface area contributed by atoms with Crippen molar-refractivity contribution in [3.05, 3.63) is 23.8 Å². The number of hydrogen-bond donors (Lipinski definition) is 2. The first-order chi connectivity index (χ1) is 10.6. The van der Waals surface area contributed by atoms with Gasteiger partial charge in [0.05, 0.1) is 14.2 Å². The van der Waals surface area contributed by atoms with Crippen molar-refractivity contribution in [3.8, 4) is 11.5 Å². The van der Waals surface area contributed by atoms with Crippen LogP contribution in [0.4, 0.5) is 0 Å². The van der Waals surface area contributed by atoms with Gasteiger partial charge in [-0.25, -0.2) is 0 Å². The van der Waals surface area contributed by atoms with E-state index in [0.29, 0.717) is 30.9 Å². The molecule has 1 atom stereocenters. The summed E-state index contributed by atoms with van der Waals surface area (Å²) in [6.45, 7) is 0.325. The molecule has 22 heavy (non-hydrogen) atoms. The first-order valence-corrected chi connectivity index (χ1v) is 7.42. The van der Waals surface area contributed by atoms with E-state index in [1.165, 1.54) is 0 Å². The summed E-state index contributed by atoms with van der Waals surface area (Å²) in [5.41, 5.74) is 0.829. The van der Waals surface area contributed by atoms with E-state index < -0.39 is 6.04 Å². The topological polar surface area (TPSA) is 76.7 Å². The van der Waals surface area contributed by atoms with Gasteiger partial charge in [-0.2, -0.15) is 0 Å². The monoisotopic (exact) mass is 306 g/mol. The summed E-state index contributed by atoms with van der Waals surface area (Å²) < 4.78 is 10.5. The van der Waals surface area contributed by atoms with E-state index in [0.717, 1.165) is 18.4 Å². The van der Waals surface area contributed by atoms with Gasteiger partial charge in [0.2, 0.25) is 11.8 Å². The molecule has 1 aromatic rings. The van der Waals surface area contributed by atoms with E-state index in [-0.39, 0.29) is 11.8 Å². The van der Waals surface area contributed by atoms with Gasteiger partial charge in [0.25, 0.3) is 0 Å². The summed E-state index contributed by atoms with van der Waals surface area (Å²) in [5, 5.41) is 5.61. The lowest BCUT2D eigenvalue weighted by Gasteiger charge is -2.17. The Labute approximate surface area is 130 Å². The molecule has 2 N–H and O–H groups in total. The SMILES string of the molecule is COc1ccc(OC)c(CNC(=O)C2CCCCC(=O)N2)c1. The molecule has 1 saturated heterocycles. The maximum absolute atomic E-state index is 12.2. The highest BCUT2D eigenvalue weighted by atomic mass is 16.5. The molecule has 1 unspecified atom stereocenters. The van der Waals surface area contributed by atoms with Crippen LogP contribution in [-0.4, -0.2) is 32.1 Å². The Kier molecular flexibility index (Phi) is 5.63. The number of benzene rings is 1. The minimum Gasteiger partial charge on any atom is -0.497 e. The molecule has 0 radical (unpaired) electrons. The van der Waals surface area contributed by atoms with Crippen LogP contribution in [0.5, 0.6) is 11.5 Å². The molecule has 1 heterocycles. The largest absolute Gasteiger partial charge is 0.497 e. The fraction of sp³-hybridized carbons (Fsp3) is 0.500. The van der Waals surface area contributed by atoms with E-state index in [1.807, 2.05) is 6.07 Å². The van der Waals surface area contributed by atoms with Gasteiger partial charge in [0, 0.05) is 18.5 Å². The molecular formula is C16H22N2O4. The fourth-order valence-corrected chi connectivity index (χ4v) is 2.49. The minimum absolute atomic E-state index is 0.0587. The standard InChI is InChI=1S/C16H22N2O4/c1-21-12-7-8-14(22-2)11(9-12)10-17-16(20)13-5-3-4-6-15(19)18-13/h7-9,13H,3-6,10H2,1-2H3,(H,17,20)(H,18,19). The summed E-state index contributed by atoms with van der Waals surface area (Å²) in [5.74, 6) is 1.16. The molecule has 1 aromatic carbocycles. The molecule has 120 valence electrons. The van der Waals surface area contributed by atoms with Gasteiger partial charge in [-0.05, 0) is 31.0 Å². The van der Waals surface area contributed by atoms with Crippen LogP contribution in [0.3, 0.4) is 0 Å². The Morgan fingerprint density at radius 1 is 1.32 bits per heavy atom. The Balaban J connectivity index is 1.99. The van der Waals surface area contributed by atoms with Gasteiger partial charge in [0.15, 0.2) is 0 Å². The predicted molar refractivity (Wildman–Crippen MR) is 81.8 cm³/mol. The normalized spacial score (nSPS) is 18.1. The molecule has 0 aliphatic carbocycles. The van der Waals surface area contributed by atoms with Crippen molar-refractivity contribution < 1.29 is 19.1 Å². The van der Waals surface area contributed by atoms with Crippen LogP contribution in [0.1, 0.15) is 31.2 Å². The number of hydrogen-bond acceptors (Lipinski definition) is 4. The number of ether oxygens (including phenoxy) is 2. The Morgan fingerprint density at radius 2 is 2.14 bits per heavy atom. The van der Waals surface area contributed by atoms with Crippen molar-refractivity contribution in [2.75, 3.05) is 14.2 Å². The Morgan fingerprint density at radius 3 is 2.86 bits per heavy atom. The lowest BCUT2D eigenvalue weighted by Crippen LogP contribution is -2.45. The molecule has 6 heteroatoms. The van der Waals surface area contributed by atoms with Crippen LogP contribution >= 0.6 is 0 Å². The maximum Gasteiger partial charge on any atom is 0.242 e. The number of carbonyl (C=O) groups is 2. The van der Waals surface area contributed by atoms with Crippen molar-refractivity contribution in [2.24, 2.45) is 0 Å². The molecule has 2 rings (SSSR count). The molecule has 1 fully saturated rings. The number of rotatable bonds is 5. The maximum atomic E-state index is 12.2. The summed E-state index contributed by atoms with van der Waals surface area (Å²) >= 11 is 0. The molecule has 1 aliphatic rings. The molecule has 6 nitrogen and oxygen atoms in total. The van der Waals surface area contributed by atoms with Crippen molar-refractivity contribution in [2.45, 2.75) is 38.3 Å². The fourth-order valence-electron chi connectivity index (χ4n) is 2.49. The molecule has 1 aliphatic heterocycles. The molecule has 0 saturated carbocycles. The first kappa shape index (κ1) is 16.1. The average molecular weight is 306 g/mol. The van der Waals surface area contributed by atoms with Crippen LogP contribution in [0.15, 0.2) is 18.2 Å². The number of methoxy groups -OCH3 is 2. The Bertz CT molecular complexity index is 545. The third-order valence-corrected chi connectivity index (χ3v) is 3.74. The lowest BCUT2D eigenvalue weighted by molar-refractivity contribution is -0.128. The second kappa shape index (κ2) is 7.68. The Hall–Kier alpha value is -2.24. The summed E-state index contributed by atoms with van der Waals surface area (Å²) in [6.07, 6.45) is 2.87. The molecule has 0 aromatic heterocycles. The van der Waals surface area contributed by atoms with E-state index in [2.05, 4.69) is 10.6 Å². The molecule has 2 amide bonds. The molecule has 0 bridgehead atoms. The van der Waals surface area contributed by atoms with E-state index in [9.17, 15) is 9.59 Å². The van der Waals surface area contributed by atoms with Crippen LogP contribution in [0, 0.1) is 0 Å². The summed E-state index contributed by atoms with van der Waals surface area (Å²) in [4.78, 5) is 23.8. The minimum atomic E-state index is -0.452. The summed E-state index contributed by atoms with van der Waals surface area (Å²) in [7, 11) is 3.17. The van der Waals surface area contributed by atoms with Crippen LogP contribution in [-0.2, 0) is 16.1 Å². The van der Waals surface area contributed by atoms with Crippen molar-refractivity contribution in [1.29, 1.82) is 0 Å². The van der Waals surface area contributed by atoms with Crippen LogP contribution < -0.4 is 20.1 Å². The van der Waals surface area contributed by atoms with Crippen molar-refractivity contribution in [1.82, 2.24) is 10.6 Å². The van der Waals surface area contributed by atoms with Gasteiger partial charge in [-0.1, -0.05) is 6.42 Å². The van der Waals surface area contributed by atoms with E-state index in [1.54, 1.807) is 26.4 Å². The van der Waals surface area contributed by atoms with Gasteiger partial charge in [-0.15, -0.1) is 0 Å². The quantitative estimate of drug-likeness (QED) is 0.861. The van der Waals surface area contributed by atoms with Gasteiger partial charge < -0.3 is 20.1 Å². The highest BCUT2D eigenvalue weighted by molar-refractivity contribution is 5.87. The first-order valence-electron chi connectivity index (χ1n) is 7.42. The van der Waals surface area contributed by atoms with Crippen molar-refractivity contribution in [3.63, 3.8) is 0 Å². The smallest absolute Gasteiger partial charge is 0.242 e. The number of carbonyl (C=O) groups excluding carboxylic acids is 2. The third-order valence-electron chi connectivity index (χ3n) is 3.74. The highest BCUT2D eigenvalue weighted by Crippen LogP contribution is 2.23. The van der Waals surface area contributed by atoms with Crippen LogP contribution in [0.2, 0.25) is 0 Å². The lowest BCUT2D eigenvalue weighted by atomic mass is 10.1. The summed E-state index contributed by atoms with van der Waals surface area (Å²) in [6, 6.07) is 4.97. The van der Waals surface area contributed by atoms with E-state index in [4.69, 9.17) is 9.47 Å². The zero-order valence-corrected chi connectivity index (χ0v) is 13.0. The van der Waals surface area contributed by atoms with Crippen molar-refractivity contribution >= 4 is 11.8 Å². The van der Waals surface area contributed by atoms with Crippen LogP contribution in [0.25, 0.3) is 0 Å². The number of amides is 2. The third kappa shape index (κ3) is 4.13. The van der Waals surface area contributed by atoms with Gasteiger partial charge in [0.1, 0.15) is 17.5 Å². The predicted octanol–water partition coefficient (Wildman–Crippen LogP) is 1.38. The second-order valence-electron chi connectivity index (χ2n) is 5.26. The zero-order valence-electron chi connectivity index (χ0n) is 13.0. The van der Waals surface area contributed by atoms with Gasteiger partial charge >= 0.3 is 0 Å². The van der Waals surface area contributed by atoms with E-state index >= 15 is 0 Å². The molecular weight excluding hydrogens is 284 g/mol. The second-order valence-corrected chi connectivity index (χ2v) is 5.26. The van der Waals surface area contributed by atoms with Gasteiger partial charge in [-0.3, -0.25) is 9.59 Å².